The molecule has 6 heteroatoms. The zero-order valence-electron chi connectivity index (χ0n) is 10.5. The number of para-hydroxylation sites is 1. The van der Waals surface area contributed by atoms with Crippen molar-refractivity contribution in [2.45, 2.75) is 6.54 Å². The van der Waals surface area contributed by atoms with Crippen LogP contribution in [-0.4, -0.2) is 19.0 Å². The quantitative estimate of drug-likeness (QED) is 0.762. The summed E-state index contributed by atoms with van der Waals surface area (Å²) in [6.07, 6.45) is 0. The summed E-state index contributed by atoms with van der Waals surface area (Å²) in [7, 11) is 0. The Balaban J connectivity index is 2.01. The summed E-state index contributed by atoms with van der Waals surface area (Å²) >= 11 is 8.42. The molecule has 1 aliphatic rings. The lowest BCUT2D eigenvalue weighted by Gasteiger charge is -2.22. The van der Waals surface area contributed by atoms with Gasteiger partial charge in [0, 0.05) is 25.3 Å². The molecule has 3 rings (SSSR count). The Labute approximate surface area is 138 Å². The van der Waals surface area contributed by atoms with Crippen LogP contribution in [0.15, 0.2) is 37.9 Å². The van der Waals surface area contributed by atoms with E-state index in [-0.39, 0.29) is 5.91 Å². The van der Waals surface area contributed by atoms with Gasteiger partial charge in [-0.05, 0) is 49.6 Å². The molecule has 0 fully saturated rings. The fourth-order valence-electron chi connectivity index (χ4n) is 2.30. The first-order valence-corrected chi connectivity index (χ1v) is 8.62. The molecule has 0 radical (unpaired) electrons. The standard InChI is InChI=1S/C14H12Br2N2OS/c15-12-7-10(13(16)20-12)14(19)18-6-5-17-8-9-3-1-2-4-11(9)18/h1-4,7,17H,5-6,8H2. The van der Waals surface area contributed by atoms with Crippen LogP contribution in [0.4, 0.5) is 5.69 Å². The molecule has 1 aromatic carbocycles. The van der Waals surface area contributed by atoms with E-state index in [1.165, 1.54) is 11.3 Å². The Kier molecular flexibility index (Phi) is 4.26. The number of thiophene rings is 1. The van der Waals surface area contributed by atoms with E-state index >= 15 is 0 Å². The van der Waals surface area contributed by atoms with Crippen LogP contribution >= 0.6 is 43.2 Å². The van der Waals surface area contributed by atoms with Gasteiger partial charge in [0.25, 0.3) is 5.91 Å². The molecule has 1 aliphatic heterocycles. The second-order valence-corrected chi connectivity index (χ2v) is 8.25. The first-order valence-electron chi connectivity index (χ1n) is 6.22. The highest BCUT2D eigenvalue weighted by molar-refractivity contribution is 9.12. The first kappa shape index (κ1) is 14.3. The van der Waals surface area contributed by atoms with E-state index < -0.39 is 0 Å². The van der Waals surface area contributed by atoms with Crippen LogP contribution in [0.5, 0.6) is 0 Å². The number of nitrogens with zero attached hydrogens (tertiary/aromatic N) is 1. The van der Waals surface area contributed by atoms with Crippen molar-refractivity contribution in [3.05, 3.63) is 49.0 Å². The van der Waals surface area contributed by atoms with E-state index in [0.29, 0.717) is 12.1 Å². The Morgan fingerprint density at radius 2 is 2.10 bits per heavy atom. The summed E-state index contributed by atoms with van der Waals surface area (Å²) < 4.78 is 1.82. The summed E-state index contributed by atoms with van der Waals surface area (Å²) in [5.41, 5.74) is 2.86. The molecule has 1 aromatic heterocycles. The number of hydrogen-bond donors (Lipinski definition) is 1. The van der Waals surface area contributed by atoms with E-state index in [1.54, 1.807) is 0 Å². The number of carbonyl (C=O) groups is 1. The van der Waals surface area contributed by atoms with Gasteiger partial charge in [-0.15, -0.1) is 11.3 Å². The SMILES string of the molecule is O=C(c1cc(Br)sc1Br)N1CCNCc2ccccc21. The van der Waals surface area contributed by atoms with Crippen molar-refractivity contribution < 1.29 is 4.79 Å². The molecule has 104 valence electrons. The van der Waals surface area contributed by atoms with E-state index in [2.05, 4.69) is 43.2 Å². The summed E-state index contributed by atoms with van der Waals surface area (Å²) in [4.78, 5) is 14.7. The molecule has 3 nitrogen and oxygen atoms in total. The third-order valence-corrected chi connectivity index (χ3v) is 5.58. The van der Waals surface area contributed by atoms with Crippen molar-refractivity contribution in [2.24, 2.45) is 0 Å². The first-order chi connectivity index (χ1) is 9.66. The van der Waals surface area contributed by atoms with Crippen molar-refractivity contribution in [2.75, 3.05) is 18.0 Å². The molecule has 0 atom stereocenters. The van der Waals surface area contributed by atoms with Crippen LogP contribution in [0.25, 0.3) is 0 Å². The molecule has 2 heterocycles. The highest BCUT2D eigenvalue weighted by atomic mass is 79.9. The predicted molar refractivity (Wildman–Crippen MR) is 89.5 cm³/mol. The van der Waals surface area contributed by atoms with Gasteiger partial charge in [0.1, 0.15) is 0 Å². The number of amides is 1. The fourth-order valence-corrected chi connectivity index (χ4v) is 5.08. The van der Waals surface area contributed by atoms with Crippen LogP contribution < -0.4 is 10.2 Å². The minimum absolute atomic E-state index is 0.0370. The monoisotopic (exact) mass is 414 g/mol. The highest BCUT2D eigenvalue weighted by Crippen LogP contribution is 2.34. The van der Waals surface area contributed by atoms with Crippen LogP contribution in [0.2, 0.25) is 0 Å². The Morgan fingerprint density at radius 1 is 1.30 bits per heavy atom. The molecule has 0 saturated heterocycles. The number of nitrogens with one attached hydrogen (secondary N) is 1. The number of fused-ring (bicyclic) bond motifs is 1. The van der Waals surface area contributed by atoms with Gasteiger partial charge < -0.3 is 10.2 Å². The average molecular weight is 416 g/mol. The maximum atomic E-state index is 12.8. The van der Waals surface area contributed by atoms with Gasteiger partial charge in [-0.1, -0.05) is 18.2 Å². The lowest BCUT2D eigenvalue weighted by Crippen LogP contribution is -2.34. The largest absolute Gasteiger partial charge is 0.311 e. The normalized spacial score (nSPS) is 14.8. The molecule has 20 heavy (non-hydrogen) atoms. The minimum atomic E-state index is 0.0370. The number of benzene rings is 1. The number of halogens is 2. The minimum Gasteiger partial charge on any atom is -0.311 e. The second-order valence-electron chi connectivity index (χ2n) is 4.50. The molecule has 2 aromatic rings. The zero-order chi connectivity index (χ0) is 14.1. The van der Waals surface area contributed by atoms with Crippen LogP contribution in [-0.2, 0) is 6.54 Å². The fraction of sp³-hybridized carbons (Fsp3) is 0.214. The average Bonchev–Trinajstić information content (AvgIpc) is 2.66. The maximum Gasteiger partial charge on any atom is 0.260 e. The van der Waals surface area contributed by atoms with Gasteiger partial charge in [0.2, 0.25) is 0 Å². The molecule has 0 saturated carbocycles. The number of anilines is 1. The zero-order valence-corrected chi connectivity index (χ0v) is 14.5. The second kappa shape index (κ2) is 5.97. The summed E-state index contributed by atoms with van der Waals surface area (Å²) in [6, 6.07) is 9.93. The Bertz CT molecular complexity index is 656. The number of rotatable bonds is 1. The number of hydrogen-bond acceptors (Lipinski definition) is 3. The summed E-state index contributed by atoms with van der Waals surface area (Å²) in [5.74, 6) is 0.0370. The van der Waals surface area contributed by atoms with Gasteiger partial charge >= 0.3 is 0 Å². The van der Waals surface area contributed by atoms with Crippen molar-refractivity contribution in [1.29, 1.82) is 0 Å². The van der Waals surface area contributed by atoms with E-state index in [4.69, 9.17) is 0 Å². The third kappa shape index (κ3) is 2.70. The van der Waals surface area contributed by atoms with E-state index in [0.717, 1.165) is 31.9 Å². The highest BCUT2D eigenvalue weighted by Gasteiger charge is 2.24. The van der Waals surface area contributed by atoms with Gasteiger partial charge in [-0.3, -0.25) is 4.79 Å². The lowest BCUT2D eigenvalue weighted by atomic mass is 10.1. The maximum absolute atomic E-state index is 12.8. The molecule has 0 spiro atoms. The van der Waals surface area contributed by atoms with E-state index in [9.17, 15) is 4.79 Å². The van der Waals surface area contributed by atoms with E-state index in [1.807, 2.05) is 29.2 Å². The molecule has 1 N–H and O–H groups in total. The molecule has 1 amide bonds. The third-order valence-electron chi connectivity index (χ3n) is 3.24. The molecule has 0 unspecified atom stereocenters. The lowest BCUT2D eigenvalue weighted by molar-refractivity contribution is 0.0987. The van der Waals surface area contributed by atoms with Crippen molar-refractivity contribution in [3.8, 4) is 0 Å². The van der Waals surface area contributed by atoms with Crippen molar-refractivity contribution in [1.82, 2.24) is 5.32 Å². The topological polar surface area (TPSA) is 32.3 Å². The van der Waals surface area contributed by atoms with Gasteiger partial charge in [-0.2, -0.15) is 0 Å². The molecular formula is C14H12Br2N2OS. The molecule has 0 aliphatic carbocycles. The smallest absolute Gasteiger partial charge is 0.260 e. The summed E-state index contributed by atoms with van der Waals surface area (Å²) in [5, 5.41) is 3.35. The molecular weight excluding hydrogens is 404 g/mol. The Hall–Kier alpha value is -0.690. The van der Waals surface area contributed by atoms with Crippen LogP contribution in [0.3, 0.4) is 0 Å². The Morgan fingerprint density at radius 3 is 2.85 bits per heavy atom. The van der Waals surface area contributed by atoms with Crippen molar-refractivity contribution in [3.63, 3.8) is 0 Å². The predicted octanol–water partition coefficient (Wildman–Crippen LogP) is 4.02. The van der Waals surface area contributed by atoms with Crippen molar-refractivity contribution >= 4 is 54.8 Å². The van der Waals surface area contributed by atoms with Gasteiger partial charge in [-0.25, -0.2) is 0 Å². The van der Waals surface area contributed by atoms with Gasteiger partial charge in [0.15, 0.2) is 0 Å². The number of carbonyl (C=O) groups excluding carboxylic acids is 1. The molecule has 0 bridgehead atoms. The van der Waals surface area contributed by atoms with Gasteiger partial charge in [0.05, 0.1) is 13.1 Å². The summed E-state index contributed by atoms with van der Waals surface area (Å²) in [6.45, 7) is 2.27. The van der Waals surface area contributed by atoms with Crippen LogP contribution in [0.1, 0.15) is 15.9 Å². The van der Waals surface area contributed by atoms with Crippen LogP contribution in [0, 0.1) is 0 Å².